The van der Waals surface area contributed by atoms with E-state index in [-0.39, 0.29) is 6.10 Å². The zero-order chi connectivity index (χ0) is 9.42. The Morgan fingerprint density at radius 2 is 2.54 bits per heavy atom. The summed E-state index contributed by atoms with van der Waals surface area (Å²) < 4.78 is 11.3. The zero-order valence-corrected chi connectivity index (χ0v) is 7.48. The van der Waals surface area contributed by atoms with E-state index in [0.717, 1.165) is 5.56 Å². The van der Waals surface area contributed by atoms with Gasteiger partial charge >= 0.3 is 5.97 Å². The molecule has 0 saturated carbocycles. The van der Waals surface area contributed by atoms with Gasteiger partial charge in [-0.2, -0.15) is 5.10 Å². The van der Waals surface area contributed by atoms with E-state index in [1.165, 1.54) is 7.11 Å². The van der Waals surface area contributed by atoms with E-state index in [0.29, 0.717) is 12.3 Å². The molecule has 1 aliphatic heterocycles. The second-order valence-electron chi connectivity index (χ2n) is 2.92. The summed E-state index contributed by atoms with van der Waals surface area (Å²) in [6.45, 7) is 0.662. The molecule has 0 bridgehead atoms. The highest BCUT2D eigenvalue weighted by molar-refractivity contribution is 5.88. The van der Waals surface area contributed by atoms with E-state index in [1.54, 1.807) is 17.9 Å². The van der Waals surface area contributed by atoms with Gasteiger partial charge in [0.15, 0.2) is 5.69 Å². The van der Waals surface area contributed by atoms with Crippen LogP contribution in [0.4, 0.5) is 0 Å². The minimum atomic E-state index is -0.411. The number of rotatable bonds is 2. The summed E-state index contributed by atoms with van der Waals surface area (Å²) in [6, 6.07) is 0. The van der Waals surface area contributed by atoms with Gasteiger partial charge in [-0.1, -0.05) is 0 Å². The lowest BCUT2D eigenvalue weighted by molar-refractivity contribution is 0.0591. The van der Waals surface area contributed by atoms with E-state index in [4.69, 9.17) is 4.74 Å². The minimum absolute atomic E-state index is 0.0304. The monoisotopic (exact) mass is 182 g/mol. The molecule has 0 N–H and O–H groups in total. The first kappa shape index (κ1) is 8.25. The average molecular weight is 182 g/mol. The lowest BCUT2D eigenvalue weighted by atomic mass is 10.2. The van der Waals surface area contributed by atoms with E-state index in [9.17, 15) is 4.79 Å². The van der Waals surface area contributed by atoms with Gasteiger partial charge in [-0.15, -0.1) is 0 Å². The van der Waals surface area contributed by atoms with Crippen LogP contribution in [-0.4, -0.2) is 29.5 Å². The fourth-order valence-electron chi connectivity index (χ4n) is 1.23. The summed E-state index contributed by atoms with van der Waals surface area (Å²) in [7, 11) is 3.10. The topological polar surface area (TPSA) is 56.6 Å². The molecule has 1 aromatic heterocycles. The van der Waals surface area contributed by atoms with Crippen molar-refractivity contribution in [2.75, 3.05) is 13.7 Å². The van der Waals surface area contributed by atoms with Crippen LogP contribution in [0.1, 0.15) is 22.2 Å². The van der Waals surface area contributed by atoms with E-state index in [2.05, 4.69) is 9.84 Å². The molecule has 5 heteroatoms. The molecule has 0 aromatic carbocycles. The Morgan fingerprint density at radius 3 is 3.08 bits per heavy atom. The van der Waals surface area contributed by atoms with Crippen molar-refractivity contribution in [3.63, 3.8) is 0 Å². The maximum Gasteiger partial charge on any atom is 0.358 e. The Morgan fingerprint density at radius 1 is 1.85 bits per heavy atom. The number of hydrogen-bond donors (Lipinski definition) is 0. The highest BCUT2D eigenvalue weighted by Crippen LogP contribution is 2.31. The van der Waals surface area contributed by atoms with Crippen molar-refractivity contribution < 1.29 is 14.3 Å². The van der Waals surface area contributed by atoms with Gasteiger partial charge < -0.3 is 9.47 Å². The first-order valence-corrected chi connectivity index (χ1v) is 3.96. The Labute approximate surface area is 75.2 Å². The van der Waals surface area contributed by atoms with E-state index < -0.39 is 5.97 Å². The number of carbonyl (C=O) groups is 1. The molecular weight excluding hydrogens is 172 g/mol. The normalized spacial score (nSPS) is 20.0. The van der Waals surface area contributed by atoms with Crippen molar-refractivity contribution in [3.8, 4) is 0 Å². The molecule has 70 valence electrons. The molecule has 2 heterocycles. The smallest absolute Gasteiger partial charge is 0.358 e. The minimum Gasteiger partial charge on any atom is -0.464 e. The summed E-state index contributed by atoms with van der Waals surface area (Å²) in [5.41, 5.74) is 1.17. The molecular formula is C8H10N2O3. The lowest BCUT2D eigenvalue weighted by Crippen LogP contribution is -2.05. The molecule has 1 atom stereocenters. The van der Waals surface area contributed by atoms with Crippen LogP contribution in [0.15, 0.2) is 6.20 Å². The highest BCUT2D eigenvalue weighted by atomic mass is 16.6. The molecule has 0 aliphatic carbocycles. The molecule has 1 fully saturated rings. The van der Waals surface area contributed by atoms with E-state index >= 15 is 0 Å². The number of aryl methyl sites for hydroxylation is 1. The Hall–Kier alpha value is -1.36. The van der Waals surface area contributed by atoms with Gasteiger partial charge in [0.2, 0.25) is 0 Å². The van der Waals surface area contributed by atoms with E-state index in [1.807, 2.05) is 0 Å². The second kappa shape index (κ2) is 2.85. The maximum absolute atomic E-state index is 11.2. The summed E-state index contributed by atoms with van der Waals surface area (Å²) in [4.78, 5) is 11.2. The molecule has 1 saturated heterocycles. The fraction of sp³-hybridized carbons (Fsp3) is 0.500. The van der Waals surface area contributed by atoms with Gasteiger partial charge in [-0.05, 0) is 0 Å². The van der Waals surface area contributed by atoms with Gasteiger partial charge in [-0.25, -0.2) is 4.79 Å². The van der Waals surface area contributed by atoms with Crippen LogP contribution in [0.25, 0.3) is 0 Å². The standard InChI is InChI=1S/C8H10N2O3/c1-10-3-5(6-4-13-6)7(9-10)8(11)12-2/h3,6H,4H2,1-2H3. The van der Waals surface area contributed by atoms with Crippen molar-refractivity contribution in [2.24, 2.45) is 7.05 Å². The van der Waals surface area contributed by atoms with Crippen molar-refractivity contribution in [2.45, 2.75) is 6.10 Å². The van der Waals surface area contributed by atoms with Crippen LogP contribution in [-0.2, 0) is 16.5 Å². The number of hydrogen-bond acceptors (Lipinski definition) is 4. The fourth-order valence-corrected chi connectivity index (χ4v) is 1.23. The number of ether oxygens (including phenoxy) is 2. The zero-order valence-electron chi connectivity index (χ0n) is 7.48. The quantitative estimate of drug-likeness (QED) is 0.487. The van der Waals surface area contributed by atoms with Crippen LogP contribution in [0.2, 0.25) is 0 Å². The third kappa shape index (κ3) is 1.42. The molecule has 1 aliphatic rings. The van der Waals surface area contributed by atoms with Gasteiger partial charge in [-0.3, -0.25) is 4.68 Å². The number of carbonyl (C=O) groups excluding carboxylic acids is 1. The highest BCUT2D eigenvalue weighted by Gasteiger charge is 2.32. The average Bonchev–Trinajstić information content (AvgIpc) is 2.89. The molecule has 0 radical (unpaired) electrons. The first-order chi connectivity index (χ1) is 6.22. The van der Waals surface area contributed by atoms with Crippen LogP contribution in [0, 0.1) is 0 Å². The lowest BCUT2D eigenvalue weighted by Gasteiger charge is -1.95. The van der Waals surface area contributed by atoms with Crippen LogP contribution in [0.5, 0.6) is 0 Å². The molecule has 1 unspecified atom stereocenters. The summed E-state index contributed by atoms with van der Waals surface area (Å²) in [5.74, 6) is -0.411. The van der Waals surface area contributed by atoms with Crippen molar-refractivity contribution in [1.82, 2.24) is 9.78 Å². The Balaban J connectivity index is 2.36. The number of nitrogens with zero attached hydrogens (tertiary/aromatic N) is 2. The molecule has 13 heavy (non-hydrogen) atoms. The second-order valence-corrected chi connectivity index (χ2v) is 2.92. The largest absolute Gasteiger partial charge is 0.464 e. The third-order valence-electron chi connectivity index (χ3n) is 1.92. The maximum atomic E-state index is 11.2. The summed E-state index contributed by atoms with van der Waals surface area (Å²) in [6.07, 6.45) is 1.81. The van der Waals surface area contributed by atoms with Crippen molar-refractivity contribution in [3.05, 3.63) is 17.5 Å². The molecule has 1 aromatic rings. The molecule has 0 amide bonds. The van der Waals surface area contributed by atoms with Crippen molar-refractivity contribution in [1.29, 1.82) is 0 Å². The summed E-state index contributed by atoms with van der Waals surface area (Å²) in [5, 5.41) is 4.00. The van der Waals surface area contributed by atoms with Gasteiger partial charge in [0, 0.05) is 18.8 Å². The van der Waals surface area contributed by atoms with Crippen LogP contribution in [0.3, 0.4) is 0 Å². The van der Waals surface area contributed by atoms with Crippen molar-refractivity contribution >= 4 is 5.97 Å². The SMILES string of the molecule is COC(=O)c1nn(C)cc1C1CO1. The number of esters is 1. The number of aromatic nitrogens is 2. The molecule has 0 spiro atoms. The predicted octanol–water partition coefficient (Wildman–Crippen LogP) is 0.278. The first-order valence-electron chi connectivity index (χ1n) is 3.96. The van der Waals surface area contributed by atoms with Gasteiger partial charge in [0.25, 0.3) is 0 Å². The molecule has 2 rings (SSSR count). The van der Waals surface area contributed by atoms with Crippen LogP contribution < -0.4 is 0 Å². The number of methoxy groups -OCH3 is 1. The van der Waals surface area contributed by atoms with Gasteiger partial charge in [0.05, 0.1) is 13.7 Å². The summed E-state index contributed by atoms with van der Waals surface area (Å²) >= 11 is 0. The Kier molecular flexibility index (Phi) is 1.81. The third-order valence-corrected chi connectivity index (χ3v) is 1.92. The predicted molar refractivity (Wildman–Crippen MR) is 43.2 cm³/mol. The van der Waals surface area contributed by atoms with Gasteiger partial charge in [0.1, 0.15) is 6.10 Å². The Bertz CT molecular complexity index is 341. The molecule has 5 nitrogen and oxygen atoms in total. The van der Waals surface area contributed by atoms with Crippen LogP contribution >= 0.6 is 0 Å². The number of epoxide rings is 1.